The van der Waals surface area contributed by atoms with Gasteiger partial charge < -0.3 is 15.3 Å². The van der Waals surface area contributed by atoms with Gasteiger partial charge in [-0.3, -0.25) is 4.79 Å². The summed E-state index contributed by atoms with van der Waals surface area (Å²) in [4.78, 5) is 14.1. The molecule has 0 aromatic heterocycles. The first-order valence-corrected chi connectivity index (χ1v) is 10.5. The van der Waals surface area contributed by atoms with Gasteiger partial charge in [0.1, 0.15) is 0 Å². The monoisotopic (exact) mass is 450 g/mol. The maximum atomic E-state index is 11.7. The summed E-state index contributed by atoms with van der Waals surface area (Å²) >= 11 is 0. The molecule has 30 heavy (non-hydrogen) atoms. The van der Waals surface area contributed by atoms with E-state index in [-0.39, 0.29) is 30.7 Å². The highest BCUT2D eigenvalue weighted by Crippen LogP contribution is 2.28. The number of nitrogens with zero attached hydrogens (tertiary/aromatic N) is 1. The van der Waals surface area contributed by atoms with Crippen LogP contribution in [0.2, 0.25) is 0 Å². The van der Waals surface area contributed by atoms with Crippen molar-refractivity contribution in [2.45, 2.75) is 44.6 Å². The molecule has 2 atom stereocenters. The molecule has 0 aliphatic carbocycles. The lowest BCUT2D eigenvalue weighted by Gasteiger charge is -2.34. The number of benzene rings is 2. The van der Waals surface area contributed by atoms with Gasteiger partial charge in [0.25, 0.3) is 0 Å². The molecule has 4 rings (SSSR count). The summed E-state index contributed by atoms with van der Waals surface area (Å²) in [6, 6.07) is 16.7. The number of aliphatic hydroxyl groups excluding tert-OH is 1. The van der Waals surface area contributed by atoms with Crippen LogP contribution in [0.25, 0.3) is 0 Å². The first-order chi connectivity index (χ1) is 13.7. The number of anilines is 1. The summed E-state index contributed by atoms with van der Waals surface area (Å²) in [5.41, 5.74) is 4.41. The number of likely N-dealkylation sites (tertiary alicyclic amines) is 1. The van der Waals surface area contributed by atoms with Crippen molar-refractivity contribution >= 4 is 36.4 Å². The molecule has 1 fully saturated rings. The minimum Gasteiger partial charge on any atom is -0.387 e. The van der Waals surface area contributed by atoms with Gasteiger partial charge in [0.2, 0.25) is 5.91 Å². The van der Waals surface area contributed by atoms with Gasteiger partial charge in [0.15, 0.2) is 0 Å². The second-order valence-corrected chi connectivity index (χ2v) is 8.29. The van der Waals surface area contributed by atoms with E-state index in [1.54, 1.807) is 0 Å². The van der Waals surface area contributed by atoms with Gasteiger partial charge in [-0.25, -0.2) is 0 Å². The summed E-state index contributed by atoms with van der Waals surface area (Å²) in [5.74, 6) is 0.746. The summed E-state index contributed by atoms with van der Waals surface area (Å²) < 4.78 is 0. The number of β-amino-alcohol motifs (C(OH)–C–C–N with tert-alkyl or cyclic N) is 1. The van der Waals surface area contributed by atoms with Gasteiger partial charge >= 0.3 is 0 Å². The zero-order valence-corrected chi connectivity index (χ0v) is 18.9. The van der Waals surface area contributed by atoms with E-state index in [4.69, 9.17) is 0 Å². The number of fused-ring (bicyclic) bond motifs is 1. The van der Waals surface area contributed by atoms with Gasteiger partial charge in [-0.2, -0.15) is 0 Å². The van der Waals surface area contributed by atoms with Crippen LogP contribution in [0.4, 0.5) is 5.69 Å². The Balaban J connectivity index is 0.00000160. The predicted octanol–water partition coefficient (Wildman–Crippen LogP) is 4.79. The van der Waals surface area contributed by atoms with E-state index in [2.05, 4.69) is 46.6 Å². The highest BCUT2D eigenvalue weighted by atomic mass is 35.5. The smallest absolute Gasteiger partial charge is 0.224 e. The van der Waals surface area contributed by atoms with Crippen LogP contribution in [-0.2, 0) is 17.6 Å². The number of aryl methyl sites for hydroxylation is 1. The standard InChI is InChI=1S/C24H30N2O2.2ClH/c27-23(21-11-12-22-20(15-21)9-4-10-24(28)25-22)17-26-13-5-8-19(16-26)14-18-6-2-1-3-7-18;;/h1-3,6-7,11-12,15,19,23,27H,4-5,8-10,13-14,16-17H2,(H,25,28);2*1H/t19-,23?;;/m1../s1. The zero-order valence-electron chi connectivity index (χ0n) is 17.3. The van der Waals surface area contributed by atoms with E-state index in [0.717, 1.165) is 49.2 Å². The van der Waals surface area contributed by atoms with Crippen LogP contribution in [0.1, 0.15) is 48.5 Å². The molecule has 2 aliphatic heterocycles. The van der Waals surface area contributed by atoms with Crippen molar-refractivity contribution in [3.63, 3.8) is 0 Å². The number of nitrogens with one attached hydrogen (secondary N) is 1. The average molecular weight is 451 g/mol. The van der Waals surface area contributed by atoms with E-state index >= 15 is 0 Å². The lowest BCUT2D eigenvalue weighted by atomic mass is 9.91. The Hall–Kier alpha value is -1.59. The molecular weight excluding hydrogens is 419 g/mol. The van der Waals surface area contributed by atoms with Crippen LogP contribution in [0.15, 0.2) is 48.5 Å². The van der Waals surface area contributed by atoms with Crippen molar-refractivity contribution in [1.82, 2.24) is 4.90 Å². The Morgan fingerprint density at radius 2 is 1.87 bits per heavy atom. The van der Waals surface area contributed by atoms with Crippen LogP contribution in [0.5, 0.6) is 0 Å². The molecule has 2 heterocycles. The minimum atomic E-state index is -0.486. The fraction of sp³-hybridized carbons (Fsp3) is 0.458. The molecule has 0 bridgehead atoms. The molecule has 0 saturated carbocycles. The van der Waals surface area contributed by atoms with E-state index < -0.39 is 6.10 Å². The summed E-state index contributed by atoms with van der Waals surface area (Å²) in [7, 11) is 0. The number of halogens is 2. The van der Waals surface area contributed by atoms with Crippen molar-refractivity contribution in [3.05, 3.63) is 65.2 Å². The van der Waals surface area contributed by atoms with E-state index in [1.165, 1.54) is 18.4 Å². The average Bonchev–Trinajstić information content (AvgIpc) is 2.89. The van der Waals surface area contributed by atoms with E-state index in [1.807, 2.05) is 12.1 Å². The Kier molecular flexibility index (Phi) is 9.63. The molecule has 1 amide bonds. The minimum absolute atomic E-state index is 0. The Bertz CT molecular complexity index is 816. The molecule has 0 radical (unpaired) electrons. The lowest BCUT2D eigenvalue weighted by Crippen LogP contribution is -2.38. The van der Waals surface area contributed by atoms with Crippen LogP contribution < -0.4 is 5.32 Å². The van der Waals surface area contributed by atoms with Crippen molar-refractivity contribution in [2.75, 3.05) is 25.0 Å². The fourth-order valence-corrected chi connectivity index (χ4v) is 4.58. The zero-order chi connectivity index (χ0) is 19.3. The third-order valence-electron chi connectivity index (χ3n) is 6.04. The second-order valence-electron chi connectivity index (χ2n) is 8.29. The van der Waals surface area contributed by atoms with Gasteiger partial charge in [-0.15, -0.1) is 24.8 Å². The fourth-order valence-electron chi connectivity index (χ4n) is 4.58. The lowest BCUT2D eigenvalue weighted by molar-refractivity contribution is -0.116. The highest BCUT2D eigenvalue weighted by Gasteiger charge is 2.23. The third-order valence-corrected chi connectivity index (χ3v) is 6.04. The number of amides is 1. The molecule has 6 heteroatoms. The van der Waals surface area contributed by atoms with E-state index in [0.29, 0.717) is 18.9 Å². The number of rotatable bonds is 5. The Morgan fingerprint density at radius 3 is 2.67 bits per heavy atom. The SMILES string of the molecule is Cl.Cl.O=C1CCCc2cc(C(O)CN3CCC[C@H](Cc4ccccc4)C3)ccc2N1. The molecule has 4 nitrogen and oxygen atoms in total. The third kappa shape index (κ3) is 6.45. The Labute approximate surface area is 191 Å². The largest absolute Gasteiger partial charge is 0.387 e. The van der Waals surface area contributed by atoms with Crippen molar-refractivity contribution < 1.29 is 9.90 Å². The molecule has 2 aromatic rings. The number of carbonyl (C=O) groups excluding carboxylic acids is 1. The number of hydrogen-bond donors (Lipinski definition) is 2. The highest BCUT2D eigenvalue weighted by molar-refractivity contribution is 5.92. The molecule has 2 aromatic carbocycles. The first-order valence-electron chi connectivity index (χ1n) is 10.5. The maximum absolute atomic E-state index is 11.7. The summed E-state index contributed by atoms with van der Waals surface area (Å²) in [6.45, 7) is 2.78. The van der Waals surface area contributed by atoms with Crippen LogP contribution in [-0.4, -0.2) is 35.5 Å². The van der Waals surface area contributed by atoms with Gasteiger partial charge in [-0.1, -0.05) is 42.5 Å². The summed E-state index contributed by atoms with van der Waals surface area (Å²) in [5, 5.41) is 13.8. The van der Waals surface area contributed by atoms with E-state index in [9.17, 15) is 9.90 Å². The van der Waals surface area contributed by atoms with Crippen LogP contribution in [0, 0.1) is 5.92 Å². The Morgan fingerprint density at radius 1 is 1.07 bits per heavy atom. The predicted molar refractivity (Wildman–Crippen MR) is 127 cm³/mol. The van der Waals surface area contributed by atoms with Crippen LogP contribution >= 0.6 is 24.8 Å². The quantitative estimate of drug-likeness (QED) is 0.687. The molecule has 2 N–H and O–H groups in total. The number of hydrogen-bond acceptors (Lipinski definition) is 3. The van der Waals surface area contributed by atoms with Crippen molar-refractivity contribution in [3.8, 4) is 0 Å². The second kappa shape index (κ2) is 11.7. The molecular formula is C24H32Cl2N2O2. The molecule has 0 spiro atoms. The van der Waals surface area contributed by atoms with Gasteiger partial charge in [0, 0.05) is 25.2 Å². The summed E-state index contributed by atoms with van der Waals surface area (Å²) in [6.07, 6.45) is 5.42. The van der Waals surface area contributed by atoms with Crippen molar-refractivity contribution in [2.24, 2.45) is 5.92 Å². The molecule has 1 saturated heterocycles. The maximum Gasteiger partial charge on any atom is 0.224 e. The number of piperidine rings is 1. The topological polar surface area (TPSA) is 52.6 Å². The van der Waals surface area contributed by atoms with Crippen molar-refractivity contribution in [1.29, 1.82) is 0 Å². The molecule has 1 unspecified atom stereocenters. The number of aliphatic hydroxyl groups is 1. The number of carbonyl (C=O) groups is 1. The molecule has 164 valence electrons. The van der Waals surface area contributed by atoms with Gasteiger partial charge in [0.05, 0.1) is 6.10 Å². The normalized spacial score (nSPS) is 20.0. The van der Waals surface area contributed by atoms with Gasteiger partial charge in [-0.05, 0) is 67.3 Å². The molecule has 2 aliphatic rings. The first kappa shape index (κ1) is 24.7. The van der Waals surface area contributed by atoms with Crippen LogP contribution in [0.3, 0.4) is 0 Å².